The number of amides is 2. The monoisotopic (exact) mass is 405 g/mol. The topological polar surface area (TPSA) is 88.9 Å². The van der Waals surface area contributed by atoms with E-state index >= 15 is 0 Å². The molecule has 2 aromatic heterocycles. The maximum absolute atomic E-state index is 12.5. The fourth-order valence-electron chi connectivity index (χ4n) is 2.97. The fraction of sp³-hybridized carbons (Fsp3) is 0.304. The molecular weight excluding hydrogens is 378 g/mol. The Kier molecular flexibility index (Phi) is 6.61. The molecule has 1 atom stereocenters. The van der Waals surface area contributed by atoms with Gasteiger partial charge in [0.2, 0.25) is 5.91 Å². The third-order valence-electron chi connectivity index (χ3n) is 4.63. The van der Waals surface area contributed by atoms with Crippen molar-refractivity contribution in [3.63, 3.8) is 0 Å². The highest BCUT2D eigenvalue weighted by atomic mass is 16.2. The van der Waals surface area contributed by atoms with Crippen LogP contribution in [0.15, 0.2) is 55.1 Å². The summed E-state index contributed by atoms with van der Waals surface area (Å²) in [4.78, 5) is 33.0. The molecule has 7 nitrogen and oxygen atoms in total. The number of nitrogens with zero attached hydrogens (tertiary/aromatic N) is 3. The number of hydrogen-bond acceptors (Lipinski definition) is 4. The van der Waals surface area contributed by atoms with Crippen molar-refractivity contribution in [3.05, 3.63) is 71.9 Å². The summed E-state index contributed by atoms with van der Waals surface area (Å²) < 4.78 is 1.67. The van der Waals surface area contributed by atoms with E-state index in [0.29, 0.717) is 29.5 Å². The molecule has 0 aliphatic rings. The number of pyridine rings is 1. The van der Waals surface area contributed by atoms with Gasteiger partial charge in [-0.25, -0.2) is 9.97 Å². The van der Waals surface area contributed by atoms with Gasteiger partial charge in [-0.05, 0) is 37.5 Å². The lowest BCUT2D eigenvalue weighted by Gasteiger charge is -2.13. The number of benzene rings is 1. The molecule has 0 fully saturated rings. The van der Waals surface area contributed by atoms with Crippen LogP contribution in [0.1, 0.15) is 54.8 Å². The van der Waals surface area contributed by atoms with Crippen LogP contribution in [0.4, 0.5) is 5.69 Å². The number of aromatic nitrogens is 3. The summed E-state index contributed by atoms with van der Waals surface area (Å²) in [7, 11) is 0. The van der Waals surface area contributed by atoms with E-state index in [-0.39, 0.29) is 17.9 Å². The molecule has 0 aliphatic carbocycles. The lowest BCUT2D eigenvalue weighted by Crippen LogP contribution is -2.26. The van der Waals surface area contributed by atoms with Crippen LogP contribution in [0.3, 0.4) is 0 Å². The molecule has 2 heterocycles. The average Bonchev–Trinajstić information content (AvgIpc) is 3.18. The predicted molar refractivity (Wildman–Crippen MR) is 117 cm³/mol. The highest BCUT2D eigenvalue weighted by molar-refractivity contribution is 5.92. The van der Waals surface area contributed by atoms with Gasteiger partial charge < -0.3 is 10.6 Å². The van der Waals surface area contributed by atoms with Crippen molar-refractivity contribution in [2.24, 2.45) is 5.92 Å². The molecule has 0 bridgehead atoms. The Morgan fingerprint density at radius 2 is 1.77 bits per heavy atom. The van der Waals surface area contributed by atoms with Crippen LogP contribution in [0.2, 0.25) is 0 Å². The predicted octanol–water partition coefficient (Wildman–Crippen LogP) is 4.05. The van der Waals surface area contributed by atoms with E-state index in [4.69, 9.17) is 0 Å². The molecule has 0 aliphatic heterocycles. The molecule has 0 radical (unpaired) electrons. The summed E-state index contributed by atoms with van der Waals surface area (Å²) >= 11 is 0. The minimum absolute atomic E-state index is 0.0381. The van der Waals surface area contributed by atoms with Gasteiger partial charge in [0.15, 0.2) is 0 Å². The molecule has 2 amide bonds. The minimum atomic E-state index is -0.251. The zero-order chi connectivity index (χ0) is 21.7. The second kappa shape index (κ2) is 9.35. The van der Waals surface area contributed by atoms with Crippen LogP contribution in [0, 0.1) is 12.8 Å². The highest BCUT2D eigenvalue weighted by Gasteiger charge is 2.14. The Balaban J connectivity index is 1.63. The number of anilines is 1. The van der Waals surface area contributed by atoms with Crippen molar-refractivity contribution in [3.8, 4) is 5.82 Å². The van der Waals surface area contributed by atoms with Crippen molar-refractivity contribution in [2.75, 3.05) is 5.32 Å². The fourth-order valence-corrected chi connectivity index (χ4v) is 2.97. The van der Waals surface area contributed by atoms with E-state index in [1.807, 2.05) is 52.0 Å². The number of hydrogen-bond donors (Lipinski definition) is 2. The molecule has 0 unspecified atom stereocenters. The van der Waals surface area contributed by atoms with Crippen LogP contribution in [0.25, 0.3) is 5.82 Å². The standard InChI is InChI=1S/C23H27N5O2/c1-15(2)11-22(29)27-19-9-10-21(24-12-19)28-13-20(25-14-28)23(30)26-17(4)18-7-5-16(3)6-8-18/h5-10,12-15,17H,11H2,1-4H3,(H,26,30)(H,27,29)/t17-/m0/s1. The molecule has 1 aromatic carbocycles. The first-order chi connectivity index (χ1) is 14.3. The molecule has 156 valence electrons. The zero-order valence-electron chi connectivity index (χ0n) is 17.7. The Bertz CT molecular complexity index is 1010. The number of rotatable bonds is 7. The summed E-state index contributed by atoms with van der Waals surface area (Å²) in [6, 6.07) is 11.5. The van der Waals surface area contributed by atoms with Gasteiger partial charge in [0.05, 0.1) is 17.9 Å². The molecule has 0 spiro atoms. The van der Waals surface area contributed by atoms with Gasteiger partial charge in [-0.2, -0.15) is 0 Å². The molecule has 30 heavy (non-hydrogen) atoms. The SMILES string of the molecule is Cc1ccc([C@H](C)NC(=O)c2cn(-c3ccc(NC(=O)CC(C)C)cn3)cn2)cc1. The summed E-state index contributed by atoms with van der Waals surface area (Å²) in [5.74, 6) is 0.611. The number of aryl methyl sites for hydroxylation is 1. The van der Waals surface area contributed by atoms with Crippen molar-refractivity contribution < 1.29 is 9.59 Å². The number of carbonyl (C=O) groups excluding carboxylic acids is 2. The number of carbonyl (C=O) groups is 2. The van der Waals surface area contributed by atoms with Gasteiger partial charge in [0, 0.05) is 12.6 Å². The van der Waals surface area contributed by atoms with E-state index in [0.717, 1.165) is 5.56 Å². The first kappa shape index (κ1) is 21.2. The van der Waals surface area contributed by atoms with Gasteiger partial charge in [0.1, 0.15) is 17.8 Å². The highest BCUT2D eigenvalue weighted by Crippen LogP contribution is 2.15. The van der Waals surface area contributed by atoms with E-state index < -0.39 is 0 Å². The van der Waals surface area contributed by atoms with Crippen LogP contribution >= 0.6 is 0 Å². The molecule has 2 N–H and O–H groups in total. The van der Waals surface area contributed by atoms with Gasteiger partial charge in [0.25, 0.3) is 5.91 Å². The lowest BCUT2D eigenvalue weighted by atomic mass is 10.1. The van der Waals surface area contributed by atoms with Crippen LogP contribution in [0.5, 0.6) is 0 Å². The van der Waals surface area contributed by atoms with Crippen LogP contribution in [-0.2, 0) is 4.79 Å². The van der Waals surface area contributed by atoms with E-state index in [1.165, 1.54) is 5.56 Å². The average molecular weight is 406 g/mol. The lowest BCUT2D eigenvalue weighted by molar-refractivity contribution is -0.116. The van der Waals surface area contributed by atoms with Crippen molar-refractivity contribution in [1.82, 2.24) is 19.9 Å². The third kappa shape index (κ3) is 5.53. The van der Waals surface area contributed by atoms with E-state index in [2.05, 4.69) is 20.6 Å². The van der Waals surface area contributed by atoms with Gasteiger partial charge in [-0.15, -0.1) is 0 Å². The van der Waals surface area contributed by atoms with Crippen molar-refractivity contribution in [1.29, 1.82) is 0 Å². The van der Waals surface area contributed by atoms with E-state index in [1.54, 1.807) is 35.4 Å². The smallest absolute Gasteiger partial charge is 0.271 e. The molecule has 0 saturated heterocycles. The first-order valence-corrected chi connectivity index (χ1v) is 9.99. The Morgan fingerprint density at radius 3 is 2.40 bits per heavy atom. The van der Waals surface area contributed by atoms with Crippen LogP contribution < -0.4 is 10.6 Å². The molecule has 3 aromatic rings. The van der Waals surface area contributed by atoms with Gasteiger partial charge in [-0.1, -0.05) is 43.7 Å². The largest absolute Gasteiger partial charge is 0.344 e. The second-order valence-electron chi connectivity index (χ2n) is 7.82. The van der Waals surface area contributed by atoms with Gasteiger partial charge >= 0.3 is 0 Å². The van der Waals surface area contributed by atoms with Gasteiger partial charge in [-0.3, -0.25) is 14.2 Å². The Labute approximate surface area is 176 Å². The molecule has 7 heteroatoms. The number of nitrogens with one attached hydrogen (secondary N) is 2. The Morgan fingerprint density at radius 1 is 1.03 bits per heavy atom. The Hall–Kier alpha value is -3.48. The maximum atomic E-state index is 12.5. The van der Waals surface area contributed by atoms with Crippen molar-refractivity contribution in [2.45, 2.75) is 40.2 Å². The van der Waals surface area contributed by atoms with E-state index in [9.17, 15) is 9.59 Å². The summed E-state index contributed by atoms with van der Waals surface area (Å²) in [6.07, 6.45) is 5.23. The second-order valence-corrected chi connectivity index (χ2v) is 7.82. The summed E-state index contributed by atoms with van der Waals surface area (Å²) in [6.45, 7) is 7.96. The summed E-state index contributed by atoms with van der Waals surface area (Å²) in [5, 5.41) is 5.79. The number of imidazole rings is 1. The van der Waals surface area contributed by atoms with Crippen LogP contribution in [-0.4, -0.2) is 26.3 Å². The molecule has 0 saturated carbocycles. The molecular formula is C23H27N5O2. The third-order valence-corrected chi connectivity index (χ3v) is 4.63. The maximum Gasteiger partial charge on any atom is 0.271 e. The quantitative estimate of drug-likeness (QED) is 0.621. The normalized spacial score (nSPS) is 11.9. The van der Waals surface area contributed by atoms with Crippen molar-refractivity contribution >= 4 is 17.5 Å². The first-order valence-electron chi connectivity index (χ1n) is 9.99. The molecule has 3 rings (SSSR count). The minimum Gasteiger partial charge on any atom is -0.344 e. The summed E-state index contributed by atoms with van der Waals surface area (Å²) in [5.41, 5.74) is 3.15. The zero-order valence-corrected chi connectivity index (χ0v) is 17.7.